The number of aromatic amines is 3. The van der Waals surface area contributed by atoms with E-state index in [4.69, 9.17) is 30.1 Å². The van der Waals surface area contributed by atoms with Crippen LogP contribution in [0.15, 0.2) is 135 Å². The molecule has 4 aromatic carbocycles. The van der Waals surface area contributed by atoms with Gasteiger partial charge in [0, 0.05) is 83.7 Å². The van der Waals surface area contributed by atoms with Crippen molar-refractivity contribution in [1.82, 2.24) is 34.0 Å². The van der Waals surface area contributed by atoms with E-state index in [-0.39, 0.29) is 127 Å². The monoisotopic (exact) mass is 1100 g/mol. The molecule has 0 spiro atoms. The molecule has 18 nitrogen and oxygen atoms in total. The molecule has 0 bridgehead atoms. The Balaban J connectivity index is 0.000000191. The summed E-state index contributed by atoms with van der Waals surface area (Å²) in [5, 5.41) is 2.06. The standard InChI is InChI=1S/C30H26F2N4O5.C28H22FN5O4.2CH4/c1-35(2)9-11-41-30(39)27-25(18-4-3-7-34-29(18)38)26-23(14-21(32)17-6-10-40-28(17)26)36(27)15-16-12-19-22(13-20(16)31)33-8-5-24(19)37;29-19-13-21-24(26-17(19)7-10-37-26)23(18-5-3-9-32-27(18)35)25(28(36)38-11-8-30)34(21)14-15-12-22(31)33-20-6-2-1-4-16(15)20;;/h3-5,7-8,12-14H,6,9-11,15H2,1-2H3,(H,33,37)(H,34,38);1-7,9-10,12-13H,8,11,14,30H2,(H2,31,33)(H,32,35);2*1H4. The number of para-hydroxylation sites is 1. The van der Waals surface area contributed by atoms with Crippen molar-refractivity contribution in [2.24, 2.45) is 5.73 Å². The fourth-order valence-corrected chi connectivity index (χ4v) is 10.3. The molecule has 12 rings (SSSR count). The summed E-state index contributed by atoms with van der Waals surface area (Å²) in [6, 6.07) is 23.6. The Morgan fingerprint density at radius 1 is 0.704 bits per heavy atom. The second-order valence-corrected chi connectivity index (χ2v) is 18.9. The van der Waals surface area contributed by atoms with Crippen molar-refractivity contribution in [3.05, 3.63) is 192 Å². The number of furan rings is 1. The van der Waals surface area contributed by atoms with Gasteiger partial charge >= 0.3 is 11.9 Å². The Morgan fingerprint density at radius 3 is 2.02 bits per heavy atom. The van der Waals surface area contributed by atoms with Gasteiger partial charge in [-0.1, -0.05) is 33.1 Å². The number of hydrogen-bond donors (Lipinski definition) is 5. The first-order chi connectivity index (χ1) is 38.2. The lowest BCUT2D eigenvalue weighted by Crippen LogP contribution is -2.22. The molecule has 21 heteroatoms. The second kappa shape index (κ2) is 22.9. The van der Waals surface area contributed by atoms with Crippen LogP contribution in [0.1, 0.15) is 52.5 Å². The van der Waals surface area contributed by atoms with Gasteiger partial charge in [0.1, 0.15) is 59.2 Å². The normalized spacial score (nSPS) is 11.8. The fourth-order valence-electron chi connectivity index (χ4n) is 10.3. The summed E-state index contributed by atoms with van der Waals surface area (Å²) in [7, 11) is 3.65. The number of rotatable bonds is 13. The number of H-pyrrole nitrogens is 3. The Labute approximate surface area is 459 Å². The third-order valence-electron chi connectivity index (χ3n) is 13.8. The van der Waals surface area contributed by atoms with Crippen molar-refractivity contribution in [2.75, 3.05) is 52.7 Å². The number of nitrogen functional groups attached to an aromatic ring is 1. The van der Waals surface area contributed by atoms with Crippen LogP contribution in [-0.2, 0) is 29.0 Å². The molecule has 0 fully saturated rings. The number of halogens is 3. The number of esters is 2. The van der Waals surface area contributed by atoms with Crippen LogP contribution in [0.2, 0.25) is 0 Å². The molecule has 7 N–H and O–H groups in total. The maximum Gasteiger partial charge on any atom is 0.355 e. The minimum absolute atomic E-state index is 0. The second-order valence-electron chi connectivity index (χ2n) is 18.9. The van der Waals surface area contributed by atoms with E-state index in [0.29, 0.717) is 51.7 Å². The molecule has 0 amide bonds. The van der Waals surface area contributed by atoms with E-state index in [2.05, 4.69) is 19.9 Å². The third kappa shape index (κ3) is 10.2. The van der Waals surface area contributed by atoms with Crippen LogP contribution in [0.4, 0.5) is 19.0 Å². The van der Waals surface area contributed by atoms with Crippen molar-refractivity contribution in [3.63, 3.8) is 0 Å². The molecule has 8 heterocycles. The number of carbonyl (C=O) groups is 2. The van der Waals surface area contributed by atoms with Gasteiger partial charge in [-0.25, -0.2) is 27.7 Å². The molecule has 0 radical (unpaired) electrons. The van der Waals surface area contributed by atoms with Crippen molar-refractivity contribution >= 4 is 72.3 Å². The summed E-state index contributed by atoms with van der Waals surface area (Å²) in [6.45, 7) is 0.617. The molecule has 1 aliphatic rings. The zero-order valence-corrected chi connectivity index (χ0v) is 42.4. The molecule has 7 aromatic heterocycles. The van der Waals surface area contributed by atoms with E-state index in [1.165, 1.54) is 65.8 Å². The van der Waals surface area contributed by atoms with E-state index in [1.54, 1.807) is 34.9 Å². The van der Waals surface area contributed by atoms with Crippen LogP contribution in [0.3, 0.4) is 0 Å². The van der Waals surface area contributed by atoms with Crippen molar-refractivity contribution in [2.45, 2.75) is 34.4 Å². The summed E-state index contributed by atoms with van der Waals surface area (Å²) in [5.41, 5.74) is 14.3. The van der Waals surface area contributed by atoms with Crippen molar-refractivity contribution in [1.29, 1.82) is 0 Å². The number of aromatic nitrogens is 6. The first-order valence-corrected chi connectivity index (χ1v) is 24.9. The first kappa shape index (κ1) is 56.0. The molecule has 1 aliphatic heterocycles. The molecule has 0 saturated heterocycles. The molecule has 11 aromatic rings. The number of nitrogens with zero attached hydrogens (tertiary/aromatic N) is 4. The Hall–Kier alpha value is -9.73. The average molecular weight is 1100 g/mol. The number of hydrogen-bond acceptors (Lipinski definition) is 13. The number of likely N-dealkylation sites (N-methyl/N-ethyl adjacent to an activating group) is 1. The fraction of sp³-hybridized carbons (Fsp3) is 0.200. The number of nitrogens with one attached hydrogen (secondary N) is 3. The van der Waals surface area contributed by atoms with Crippen LogP contribution >= 0.6 is 0 Å². The minimum Gasteiger partial charge on any atom is -0.492 e. The number of nitrogens with two attached hydrogens (primary N) is 2. The lowest BCUT2D eigenvalue weighted by molar-refractivity contribution is 0.0469. The molecule has 0 aliphatic carbocycles. The highest BCUT2D eigenvalue weighted by atomic mass is 19.1. The first-order valence-electron chi connectivity index (χ1n) is 24.9. The van der Waals surface area contributed by atoms with Gasteiger partial charge in [-0.15, -0.1) is 0 Å². The zero-order valence-electron chi connectivity index (χ0n) is 42.4. The van der Waals surface area contributed by atoms with Gasteiger partial charge in [0.15, 0.2) is 5.43 Å². The van der Waals surface area contributed by atoms with Crippen molar-refractivity contribution in [3.8, 4) is 28.0 Å². The van der Waals surface area contributed by atoms with Gasteiger partial charge < -0.3 is 59.1 Å². The van der Waals surface area contributed by atoms with Crippen LogP contribution < -0.4 is 32.8 Å². The van der Waals surface area contributed by atoms with Gasteiger partial charge in [0.2, 0.25) is 0 Å². The lowest BCUT2D eigenvalue weighted by Gasteiger charge is -2.14. The maximum absolute atomic E-state index is 15.4. The summed E-state index contributed by atoms with van der Waals surface area (Å²) in [4.78, 5) is 80.4. The van der Waals surface area contributed by atoms with Gasteiger partial charge in [0.25, 0.3) is 11.1 Å². The van der Waals surface area contributed by atoms with E-state index in [9.17, 15) is 24.0 Å². The van der Waals surface area contributed by atoms with E-state index < -0.39 is 40.5 Å². The Kier molecular flexibility index (Phi) is 15.9. The summed E-state index contributed by atoms with van der Waals surface area (Å²) >= 11 is 0. The van der Waals surface area contributed by atoms with Crippen LogP contribution in [0.25, 0.3) is 76.8 Å². The highest BCUT2D eigenvalue weighted by molar-refractivity contribution is 6.17. The molecular weight excluding hydrogens is 1050 g/mol. The van der Waals surface area contributed by atoms with E-state index >= 15 is 13.2 Å². The number of carbonyl (C=O) groups excluding carboxylic acids is 2. The summed E-state index contributed by atoms with van der Waals surface area (Å²) in [5.74, 6) is -2.67. The predicted molar refractivity (Wildman–Crippen MR) is 305 cm³/mol. The minimum atomic E-state index is -0.771. The average Bonchev–Trinajstić information content (AvgIpc) is 3.13. The van der Waals surface area contributed by atoms with Crippen molar-refractivity contribution < 1.29 is 41.4 Å². The van der Waals surface area contributed by atoms with E-state index in [1.807, 2.05) is 43.3 Å². The Bertz CT molecular complexity index is 4440. The molecule has 81 heavy (non-hydrogen) atoms. The number of benzene rings is 4. The molecule has 416 valence electrons. The lowest BCUT2D eigenvalue weighted by atomic mass is 10.00. The maximum atomic E-state index is 15.4. The van der Waals surface area contributed by atoms with E-state index in [0.717, 1.165) is 10.9 Å². The zero-order chi connectivity index (χ0) is 55.2. The quantitative estimate of drug-likeness (QED) is 0.0676. The Morgan fingerprint density at radius 2 is 1.35 bits per heavy atom. The smallest absolute Gasteiger partial charge is 0.355 e. The van der Waals surface area contributed by atoms with Gasteiger partial charge in [-0.05, 0) is 86.4 Å². The van der Waals surface area contributed by atoms with Crippen LogP contribution in [0.5, 0.6) is 5.75 Å². The molecule has 0 atom stereocenters. The van der Waals surface area contributed by atoms with Gasteiger partial charge in [0.05, 0.1) is 68.8 Å². The van der Waals surface area contributed by atoms with Crippen LogP contribution in [-0.4, -0.2) is 92.9 Å². The third-order valence-corrected chi connectivity index (χ3v) is 13.8. The number of ether oxygens (including phenoxy) is 3. The van der Waals surface area contributed by atoms with Gasteiger partial charge in [-0.3, -0.25) is 14.4 Å². The SMILES string of the molecule is C.C.CN(C)CCOC(=O)c1c(-c2ccc[nH]c2=O)c2c3c(c(F)cc2n1Cc1cc2c(=O)cc[nH]c2cc1F)CCO3.NCCOC(=O)c1c(-c2ccc[nH]c2=O)c2c3occc3c(F)cc2n1Cc1cc(N)nc2ccccc12. The summed E-state index contributed by atoms with van der Waals surface area (Å²) in [6.07, 6.45) is 6.07. The molecule has 0 unspecified atom stereocenters. The number of pyridine rings is 4. The highest BCUT2D eigenvalue weighted by Gasteiger charge is 2.34. The topological polar surface area (TPSA) is 252 Å². The van der Waals surface area contributed by atoms with Gasteiger partial charge in [-0.2, -0.15) is 0 Å². The number of fused-ring (bicyclic) bond motifs is 8. The van der Waals surface area contributed by atoms with Crippen LogP contribution in [0, 0.1) is 17.5 Å². The largest absolute Gasteiger partial charge is 0.492 e. The summed E-state index contributed by atoms with van der Waals surface area (Å²) < 4.78 is 71.9. The highest BCUT2D eigenvalue weighted by Crippen LogP contribution is 2.46. The molecule has 0 saturated carbocycles. The predicted octanol–water partition coefficient (Wildman–Crippen LogP) is 9.27. The molecular formula is C60H56F3N9O9. The number of anilines is 1.